The Labute approximate surface area is 121 Å². The van der Waals surface area contributed by atoms with Gasteiger partial charge in [-0.15, -0.1) is 0 Å². The standard InChI is InChI=1S/C18H22O2/c1-13-9-14(2)11-15(10-13)12-17(19)18(20-3)16-7-5-4-6-8-16/h4-11,17-19H,12H2,1-3H3. The third kappa shape index (κ3) is 3.69. The second-order valence-corrected chi connectivity index (χ2v) is 5.33. The maximum Gasteiger partial charge on any atom is 0.108 e. The third-order valence-corrected chi connectivity index (χ3v) is 3.46. The topological polar surface area (TPSA) is 29.5 Å². The van der Waals surface area contributed by atoms with Crippen molar-refractivity contribution in [2.45, 2.75) is 32.5 Å². The molecule has 0 aromatic heterocycles. The van der Waals surface area contributed by atoms with E-state index in [9.17, 15) is 5.11 Å². The fraction of sp³-hybridized carbons (Fsp3) is 0.333. The zero-order valence-electron chi connectivity index (χ0n) is 12.3. The molecule has 2 nitrogen and oxygen atoms in total. The highest BCUT2D eigenvalue weighted by atomic mass is 16.5. The lowest BCUT2D eigenvalue weighted by molar-refractivity contribution is -0.0128. The fourth-order valence-corrected chi connectivity index (χ4v) is 2.69. The number of aryl methyl sites for hydroxylation is 2. The zero-order chi connectivity index (χ0) is 14.5. The van der Waals surface area contributed by atoms with E-state index in [-0.39, 0.29) is 6.10 Å². The minimum absolute atomic E-state index is 0.294. The molecule has 0 amide bonds. The molecular formula is C18H22O2. The molecule has 1 N–H and O–H groups in total. The van der Waals surface area contributed by atoms with Crippen LogP contribution < -0.4 is 0 Å². The van der Waals surface area contributed by atoms with Gasteiger partial charge in [-0.05, 0) is 25.0 Å². The molecule has 0 radical (unpaired) electrons. The molecule has 0 aliphatic heterocycles. The van der Waals surface area contributed by atoms with Crippen LogP contribution >= 0.6 is 0 Å². The van der Waals surface area contributed by atoms with Gasteiger partial charge in [-0.1, -0.05) is 59.7 Å². The lowest BCUT2D eigenvalue weighted by Gasteiger charge is -2.22. The van der Waals surface area contributed by atoms with E-state index in [1.54, 1.807) is 7.11 Å². The zero-order valence-corrected chi connectivity index (χ0v) is 12.3. The van der Waals surface area contributed by atoms with Gasteiger partial charge in [0.25, 0.3) is 0 Å². The quantitative estimate of drug-likeness (QED) is 0.899. The Balaban J connectivity index is 2.15. The summed E-state index contributed by atoms with van der Waals surface area (Å²) < 4.78 is 5.48. The molecule has 0 heterocycles. The Morgan fingerprint density at radius 3 is 2.15 bits per heavy atom. The van der Waals surface area contributed by atoms with Crippen molar-refractivity contribution >= 4 is 0 Å². The van der Waals surface area contributed by atoms with E-state index in [0.29, 0.717) is 6.42 Å². The average Bonchev–Trinajstić information content (AvgIpc) is 2.39. The molecule has 106 valence electrons. The summed E-state index contributed by atoms with van der Waals surface area (Å²) in [6, 6.07) is 16.2. The first-order chi connectivity index (χ1) is 9.60. The lowest BCUT2D eigenvalue weighted by Crippen LogP contribution is -2.22. The van der Waals surface area contributed by atoms with Crippen molar-refractivity contribution in [3.63, 3.8) is 0 Å². The van der Waals surface area contributed by atoms with Crippen LogP contribution in [0.25, 0.3) is 0 Å². The van der Waals surface area contributed by atoms with Crippen LogP contribution in [0.1, 0.15) is 28.4 Å². The molecule has 0 bridgehead atoms. The summed E-state index contributed by atoms with van der Waals surface area (Å²) in [6.45, 7) is 4.15. The number of methoxy groups -OCH3 is 1. The molecule has 0 spiro atoms. The highest BCUT2D eigenvalue weighted by Gasteiger charge is 2.21. The monoisotopic (exact) mass is 270 g/mol. The molecular weight excluding hydrogens is 248 g/mol. The van der Waals surface area contributed by atoms with Crippen molar-refractivity contribution in [2.75, 3.05) is 7.11 Å². The second-order valence-electron chi connectivity index (χ2n) is 5.33. The summed E-state index contributed by atoms with van der Waals surface area (Å²) in [5.41, 5.74) is 4.60. The Hall–Kier alpha value is -1.64. The maximum atomic E-state index is 10.5. The van der Waals surface area contributed by atoms with Gasteiger partial charge < -0.3 is 9.84 Å². The van der Waals surface area contributed by atoms with Crippen molar-refractivity contribution in [3.05, 3.63) is 70.8 Å². The number of hydrogen-bond donors (Lipinski definition) is 1. The van der Waals surface area contributed by atoms with Crippen LogP contribution in [0.2, 0.25) is 0 Å². The average molecular weight is 270 g/mol. The number of benzene rings is 2. The summed E-state index contributed by atoms with van der Waals surface area (Å²) in [5.74, 6) is 0. The summed E-state index contributed by atoms with van der Waals surface area (Å²) >= 11 is 0. The number of ether oxygens (including phenoxy) is 1. The summed E-state index contributed by atoms with van der Waals surface area (Å²) in [4.78, 5) is 0. The highest BCUT2D eigenvalue weighted by Crippen LogP contribution is 2.23. The Morgan fingerprint density at radius 2 is 1.60 bits per heavy atom. The maximum absolute atomic E-state index is 10.5. The number of hydrogen-bond acceptors (Lipinski definition) is 2. The molecule has 2 aromatic carbocycles. The first kappa shape index (κ1) is 14.8. The molecule has 0 saturated carbocycles. The lowest BCUT2D eigenvalue weighted by atomic mass is 9.96. The summed E-state index contributed by atoms with van der Waals surface area (Å²) in [6.07, 6.45) is -0.253. The van der Waals surface area contributed by atoms with Gasteiger partial charge in [0, 0.05) is 13.5 Å². The molecule has 0 saturated heterocycles. The molecule has 2 unspecified atom stereocenters. The van der Waals surface area contributed by atoms with E-state index >= 15 is 0 Å². The van der Waals surface area contributed by atoms with E-state index in [0.717, 1.165) is 11.1 Å². The van der Waals surface area contributed by atoms with E-state index in [1.807, 2.05) is 30.3 Å². The summed E-state index contributed by atoms with van der Waals surface area (Å²) in [7, 11) is 1.64. The van der Waals surface area contributed by atoms with Gasteiger partial charge in [-0.2, -0.15) is 0 Å². The Bertz CT molecular complexity index is 528. The van der Waals surface area contributed by atoms with Crippen molar-refractivity contribution in [2.24, 2.45) is 0 Å². The van der Waals surface area contributed by atoms with Crippen LogP contribution in [0, 0.1) is 13.8 Å². The van der Waals surface area contributed by atoms with Crippen LogP contribution in [0.3, 0.4) is 0 Å². The summed E-state index contributed by atoms with van der Waals surface area (Å²) in [5, 5.41) is 10.5. The smallest absolute Gasteiger partial charge is 0.108 e. The van der Waals surface area contributed by atoms with E-state index in [4.69, 9.17) is 4.74 Å². The first-order valence-corrected chi connectivity index (χ1v) is 6.93. The van der Waals surface area contributed by atoms with E-state index in [1.165, 1.54) is 11.1 Å². The van der Waals surface area contributed by atoms with Gasteiger partial charge in [0.15, 0.2) is 0 Å². The van der Waals surface area contributed by atoms with Crippen molar-refractivity contribution in [1.29, 1.82) is 0 Å². The molecule has 0 fully saturated rings. The SMILES string of the molecule is COC(c1ccccc1)C(O)Cc1cc(C)cc(C)c1. The van der Waals surface area contributed by atoms with Crippen molar-refractivity contribution in [1.82, 2.24) is 0 Å². The Kier molecular flexibility index (Phi) is 4.94. The number of aliphatic hydroxyl groups excluding tert-OH is 1. The van der Waals surface area contributed by atoms with Gasteiger partial charge in [-0.25, -0.2) is 0 Å². The van der Waals surface area contributed by atoms with Crippen LogP contribution in [-0.4, -0.2) is 18.3 Å². The molecule has 0 aliphatic rings. The minimum Gasteiger partial charge on any atom is -0.390 e. The van der Waals surface area contributed by atoms with Crippen LogP contribution in [0.4, 0.5) is 0 Å². The van der Waals surface area contributed by atoms with Gasteiger partial charge in [0.05, 0.1) is 6.10 Å². The highest BCUT2D eigenvalue weighted by molar-refractivity contribution is 5.29. The molecule has 2 aromatic rings. The molecule has 2 rings (SSSR count). The van der Waals surface area contributed by atoms with Crippen molar-refractivity contribution in [3.8, 4) is 0 Å². The number of rotatable bonds is 5. The molecule has 0 aliphatic carbocycles. The van der Waals surface area contributed by atoms with E-state index < -0.39 is 6.10 Å². The number of aliphatic hydroxyl groups is 1. The largest absolute Gasteiger partial charge is 0.390 e. The van der Waals surface area contributed by atoms with Gasteiger partial charge >= 0.3 is 0 Å². The van der Waals surface area contributed by atoms with Crippen LogP contribution in [-0.2, 0) is 11.2 Å². The first-order valence-electron chi connectivity index (χ1n) is 6.93. The van der Waals surface area contributed by atoms with Crippen LogP contribution in [0.15, 0.2) is 48.5 Å². The minimum atomic E-state index is -0.552. The van der Waals surface area contributed by atoms with Crippen LogP contribution in [0.5, 0.6) is 0 Å². The van der Waals surface area contributed by atoms with E-state index in [2.05, 4.69) is 32.0 Å². The predicted molar refractivity (Wildman–Crippen MR) is 81.8 cm³/mol. The van der Waals surface area contributed by atoms with Gasteiger partial charge in [0.1, 0.15) is 6.10 Å². The predicted octanol–water partition coefficient (Wildman–Crippen LogP) is 3.59. The normalized spacial score (nSPS) is 14.0. The molecule has 2 heteroatoms. The fourth-order valence-electron chi connectivity index (χ4n) is 2.69. The van der Waals surface area contributed by atoms with Gasteiger partial charge in [0.2, 0.25) is 0 Å². The molecule has 2 atom stereocenters. The van der Waals surface area contributed by atoms with Gasteiger partial charge in [-0.3, -0.25) is 0 Å². The Morgan fingerprint density at radius 1 is 1.00 bits per heavy atom. The molecule has 20 heavy (non-hydrogen) atoms. The second kappa shape index (κ2) is 6.69. The third-order valence-electron chi connectivity index (χ3n) is 3.46. The van der Waals surface area contributed by atoms with Crippen molar-refractivity contribution < 1.29 is 9.84 Å².